The standard InChI is InChI=1S/C25H27N5O/c1-28-22-11-10-20(31-2)17-21(22)23-24(28)25(27-18-26-23)30-15-13-29(14-16-30)12-6-9-19-7-4-3-5-8-19/h3-11,17-18H,12-16H2,1-2H3/b9-6+. The van der Waals surface area contributed by atoms with E-state index in [0.29, 0.717) is 0 Å². The van der Waals surface area contributed by atoms with Crippen molar-refractivity contribution in [2.24, 2.45) is 7.05 Å². The van der Waals surface area contributed by atoms with E-state index in [4.69, 9.17) is 4.74 Å². The van der Waals surface area contributed by atoms with Crippen LogP contribution in [0.1, 0.15) is 5.56 Å². The first-order chi connectivity index (χ1) is 15.2. The molecule has 4 aromatic rings. The number of nitrogens with zero attached hydrogens (tertiary/aromatic N) is 5. The minimum atomic E-state index is 0.845. The maximum atomic E-state index is 5.43. The number of rotatable bonds is 5. The van der Waals surface area contributed by atoms with E-state index in [9.17, 15) is 0 Å². The van der Waals surface area contributed by atoms with Crippen molar-refractivity contribution in [2.45, 2.75) is 0 Å². The summed E-state index contributed by atoms with van der Waals surface area (Å²) in [5, 5.41) is 1.10. The SMILES string of the molecule is COc1ccc2c(c1)c1ncnc(N3CCN(C/C=C/c4ccccc4)CC3)c1n2C. The first-order valence-corrected chi connectivity index (χ1v) is 10.7. The number of piperazine rings is 1. The summed E-state index contributed by atoms with van der Waals surface area (Å²) in [5.41, 5.74) is 4.46. The van der Waals surface area contributed by atoms with Gasteiger partial charge in [-0.25, -0.2) is 9.97 Å². The van der Waals surface area contributed by atoms with Crippen LogP contribution in [0.25, 0.3) is 28.0 Å². The van der Waals surface area contributed by atoms with Crippen LogP contribution in [0.2, 0.25) is 0 Å². The lowest BCUT2D eigenvalue weighted by Crippen LogP contribution is -2.46. The summed E-state index contributed by atoms with van der Waals surface area (Å²) < 4.78 is 7.63. The number of fused-ring (bicyclic) bond motifs is 3. The van der Waals surface area contributed by atoms with Crippen LogP contribution in [0.4, 0.5) is 5.82 Å². The van der Waals surface area contributed by atoms with Crippen molar-refractivity contribution in [1.29, 1.82) is 0 Å². The normalized spacial score (nSPS) is 15.4. The third kappa shape index (κ3) is 3.75. The highest BCUT2D eigenvalue weighted by molar-refractivity contribution is 6.09. The fourth-order valence-electron chi connectivity index (χ4n) is 4.40. The van der Waals surface area contributed by atoms with Crippen LogP contribution >= 0.6 is 0 Å². The average molecular weight is 414 g/mol. The minimum absolute atomic E-state index is 0.845. The quantitative estimate of drug-likeness (QED) is 0.496. The molecule has 0 N–H and O–H groups in total. The van der Waals surface area contributed by atoms with E-state index < -0.39 is 0 Å². The molecular formula is C25H27N5O. The van der Waals surface area contributed by atoms with Gasteiger partial charge in [-0.05, 0) is 23.8 Å². The van der Waals surface area contributed by atoms with Crippen LogP contribution in [0, 0.1) is 0 Å². The fourth-order valence-corrected chi connectivity index (χ4v) is 4.40. The Labute approximate surface area is 182 Å². The van der Waals surface area contributed by atoms with E-state index in [1.54, 1.807) is 13.4 Å². The van der Waals surface area contributed by atoms with Crippen molar-refractivity contribution in [3.63, 3.8) is 0 Å². The van der Waals surface area contributed by atoms with E-state index >= 15 is 0 Å². The van der Waals surface area contributed by atoms with Gasteiger partial charge in [0.25, 0.3) is 0 Å². The predicted molar refractivity (Wildman–Crippen MR) is 127 cm³/mol. The lowest BCUT2D eigenvalue weighted by molar-refractivity contribution is 0.284. The topological polar surface area (TPSA) is 46.4 Å². The lowest BCUT2D eigenvalue weighted by Gasteiger charge is -2.35. The minimum Gasteiger partial charge on any atom is -0.497 e. The predicted octanol–water partition coefficient (Wildman–Crippen LogP) is 3.97. The van der Waals surface area contributed by atoms with Gasteiger partial charge in [-0.3, -0.25) is 4.90 Å². The summed E-state index contributed by atoms with van der Waals surface area (Å²) in [6.07, 6.45) is 6.14. The maximum Gasteiger partial charge on any atom is 0.156 e. The fraction of sp³-hybridized carbons (Fsp3) is 0.280. The Morgan fingerprint density at radius 3 is 2.58 bits per heavy atom. The van der Waals surface area contributed by atoms with E-state index in [2.05, 4.69) is 79.9 Å². The number of aromatic nitrogens is 3. The molecule has 6 heteroatoms. The molecule has 0 spiro atoms. The van der Waals surface area contributed by atoms with Gasteiger partial charge >= 0.3 is 0 Å². The van der Waals surface area contributed by atoms with Crippen LogP contribution in [0.5, 0.6) is 5.75 Å². The number of ether oxygens (including phenoxy) is 1. The van der Waals surface area contributed by atoms with Gasteiger partial charge in [0.2, 0.25) is 0 Å². The van der Waals surface area contributed by atoms with E-state index in [-0.39, 0.29) is 0 Å². The van der Waals surface area contributed by atoms with Crippen LogP contribution in [-0.2, 0) is 7.05 Å². The van der Waals surface area contributed by atoms with Crippen molar-refractivity contribution in [3.05, 3.63) is 66.5 Å². The summed E-state index contributed by atoms with van der Waals surface area (Å²) in [7, 11) is 3.79. The number of methoxy groups -OCH3 is 1. The zero-order valence-electron chi connectivity index (χ0n) is 18.0. The smallest absolute Gasteiger partial charge is 0.156 e. The third-order valence-electron chi connectivity index (χ3n) is 6.10. The Kier molecular flexibility index (Phi) is 5.30. The number of anilines is 1. The molecule has 6 nitrogen and oxygen atoms in total. The molecule has 0 aliphatic carbocycles. The van der Waals surface area contributed by atoms with Crippen LogP contribution in [0.15, 0.2) is 60.9 Å². The first kappa shape index (κ1) is 19.6. The molecule has 2 aromatic heterocycles. The molecule has 0 unspecified atom stereocenters. The molecule has 0 atom stereocenters. The maximum absolute atomic E-state index is 5.43. The summed E-state index contributed by atoms with van der Waals surface area (Å²) in [5.74, 6) is 1.86. The van der Waals surface area contributed by atoms with Crippen molar-refractivity contribution < 1.29 is 4.74 Å². The Morgan fingerprint density at radius 2 is 1.81 bits per heavy atom. The number of benzene rings is 2. The van der Waals surface area contributed by atoms with Crippen molar-refractivity contribution in [3.8, 4) is 5.75 Å². The molecule has 1 saturated heterocycles. The van der Waals surface area contributed by atoms with Crippen molar-refractivity contribution >= 4 is 33.8 Å². The van der Waals surface area contributed by atoms with Gasteiger partial charge in [0, 0.05) is 45.2 Å². The third-order valence-corrected chi connectivity index (χ3v) is 6.10. The van der Waals surface area contributed by atoms with Crippen molar-refractivity contribution in [1.82, 2.24) is 19.4 Å². The van der Waals surface area contributed by atoms with Crippen molar-refractivity contribution in [2.75, 3.05) is 44.7 Å². The number of hydrogen-bond acceptors (Lipinski definition) is 5. The molecule has 1 fully saturated rings. The van der Waals surface area contributed by atoms with Gasteiger partial charge in [0.1, 0.15) is 23.1 Å². The molecule has 0 saturated carbocycles. The Hall–Kier alpha value is -3.38. The second-order valence-corrected chi connectivity index (χ2v) is 7.94. The van der Waals surface area contributed by atoms with Gasteiger partial charge in [-0.2, -0.15) is 0 Å². The largest absolute Gasteiger partial charge is 0.497 e. The summed E-state index contributed by atoms with van der Waals surface area (Å²) in [4.78, 5) is 14.2. The highest BCUT2D eigenvalue weighted by atomic mass is 16.5. The Morgan fingerprint density at radius 1 is 1.00 bits per heavy atom. The highest BCUT2D eigenvalue weighted by Gasteiger charge is 2.22. The number of hydrogen-bond donors (Lipinski definition) is 0. The summed E-state index contributed by atoms with van der Waals surface area (Å²) in [6.45, 7) is 4.91. The molecule has 0 amide bonds. The van der Waals surface area contributed by atoms with E-state index in [1.807, 2.05) is 12.1 Å². The first-order valence-electron chi connectivity index (χ1n) is 10.7. The van der Waals surface area contributed by atoms with E-state index in [1.165, 1.54) is 5.56 Å². The van der Waals surface area contributed by atoms with Gasteiger partial charge in [0.15, 0.2) is 5.82 Å². The number of aryl methyl sites for hydroxylation is 1. The molecule has 31 heavy (non-hydrogen) atoms. The van der Waals surface area contributed by atoms with Gasteiger partial charge in [0.05, 0.1) is 12.6 Å². The average Bonchev–Trinajstić information content (AvgIpc) is 3.12. The van der Waals surface area contributed by atoms with Gasteiger partial charge in [-0.1, -0.05) is 42.5 Å². The zero-order chi connectivity index (χ0) is 21.2. The van der Waals surface area contributed by atoms with Crippen LogP contribution in [0.3, 0.4) is 0 Å². The molecule has 2 aromatic carbocycles. The monoisotopic (exact) mass is 413 g/mol. The summed E-state index contributed by atoms with van der Waals surface area (Å²) in [6, 6.07) is 16.6. The van der Waals surface area contributed by atoms with Gasteiger partial charge < -0.3 is 14.2 Å². The molecule has 0 radical (unpaired) electrons. The molecule has 1 aliphatic heterocycles. The molecule has 3 heterocycles. The second-order valence-electron chi connectivity index (χ2n) is 7.94. The lowest BCUT2D eigenvalue weighted by atomic mass is 10.2. The molecule has 5 rings (SSSR count). The molecular weight excluding hydrogens is 386 g/mol. The molecule has 0 bridgehead atoms. The summed E-state index contributed by atoms with van der Waals surface area (Å²) >= 11 is 0. The Bertz CT molecular complexity index is 1220. The zero-order valence-corrected chi connectivity index (χ0v) is 18.0. The van der Waals surface area contributed by atoms with Crippen LogP contribution in [-0.4, -0.2) is 59.3 Å². The molecule has 1 aliphatic rings. The van der Waals surface area contributed by atoms with Crippen LogP contribution < -0.4 is 9.64 Å². The highest BCUT2D eigenvalue weighted by Crippen LogP contribution is 2.34. The van der Waals surface area contributed by atoms with Gasteiger partial charge in [-0.15, -0.1) is 0 Å². The molecule has 158 valence electrons. The van der Waals surface area contributed by atoms with E-state index in [0.717, 1.165) is 66.2 Å². The second kappa shape index (κ2) is 8.40. The Balaban J connectivity index is 1.34.